The van der Waals surface area contributed by atoms with Gasteiger partial charge in [-0.1, -0.05) is 6.92 Å². The standard InChI is InChI=1S/C8H12F2N2O3S/c1-2-16(14,15)4-3-12-7(13)5-6(11-12)8(9)10/h8H,2-5H2,1H3. The highest BCUT2D eigenvalue weighted by Gasteiger charge is 2.29. The van der Waals surface area contributed by atoms with Crippen LogP contribution in [0.15, 0.2) is 5.10 Å². The molecule has 0 spiro atoms. The van der Waals surface area contributed by atoms with E-state index < -0.39 is 34.3 Å². The normalized spacial score (nSPS) is 17.1. The van der Waals surface area contributed by atoms with Crippen molar-refractivity contribution in [2.75, 3.05) is 18.1 Å². The fraction of sp³-hybridized carbons (Fsp3) is 0.750. The van der Waals surface area contributed by atoms with E-state index in [0.29, 0.717) is 0 Å². The molecule has 0 fully saturated rings. The van der Waals surface area contributed by atoms with E-state index in [0.717, 1.165) is 5.01 Å². The van der Waals surface area contributed by atoms with E-state index in [9.17, 15) is 22.0 Å². The van der Waals surface area contributed by atoms with Gasteiger partial charge in [0.2, 0.25) is 5.91 Å². The molecule has 8 heteroatoms. The number of rotatable bonds is 5. The smallest absolute Gasteiger partial charge is 0.273 e. The molecule has 0 aliphatic carbocycles. The number of hydrogen-bond donors (Lipinski definition) is 0. The second-order valence-electron chi connectivity index (χ2n) is 3.32. The van der Waals surface area contributed by atoms with Crippen molar-refractivity contribution in [1.82, 2.24) is 5.01 Å². The number of halogens is 2. The maximum Gasteiger partial charge on any atom is 0.278 e. The number of sulfone groups is 1. The summed E-state index contributed by atoms with van der Waals surface area (Å²) in [4.78, 5) is 11.2. The summed E-state index contributed by atoms with van der Waals surface area (Å²) in [6, 6.07) is 0. The number of hydrogen-bond acceptors (Lipinski definition) is 4. The van der Waals surface area contributed by atoms with Gasteiger partial charge in [-0.15, -0.1) is 0 Å². The Morgan fingerprint density at radius 2 is 2.12 bits per heavy atom. The van der Waals surface area contributed by atoms with Crippen molar-refractivity contribution in [2.45, 2.75) is 19.8 Å². The fourth-order valence-electron chi connectivity index (χ4n) is 1.16. The average molecular weight is 254 g/mol. The molecule has 1 aliphatic heterocycles. The summed E-state index contributed by atoms with van der Waals surface area (Å²) in [5.41, 5.74) is -0.501. The Labute approximate surface area is 92.0 Å². The number of hydrazone groups is 1. The third-order valence-electron chi connectivity index (χ3n) is 2.18. The molecule has 1 amide bonds. The van der Waals surface area contributed by atoms with E-state index in [2.05, 4.69) is 5.10 Å². The molecule has 0 atom stereocenters. The molecule has 0 saturated carbocycles. The summed E-state index contributed by atoms with van der Waals surface area (Å²) in [7, 11) is -3.22. The minimum atomic E-state index is -3.22. The van der Waals surface area contributed by atoms with Crippen molar-refractivity contribution < 1.29 is 22.0 Å². The summed E-state index contributed by atoms with van der Waals surface area (Å²) in [5.74, 6) is -0.878. The van der Waals surface area contributed by atoms with E-state index in [4.69, 9.17) is 0 Å². The summed E-state index contributed by atoms with van der Waals surface area (Å²) >= 11 is 0. The molecule has 0 radical (unpaired) electrons. The van der Waals surface area contributed by atoms with Gasteiger partial charge < -0.3 is 0 Å². The van der Waals surface area contributed by atoms with Crippen LogP contribution in [-0.4, -0.2) is 49.5 Å². The van der Waals surface area contributed by atoms with Crippen LogP contribution in [-0.2, 0) is 14.6 Å². The Hall–Kier alpha value is -1.05. The van der Waals surface area contributed by atoms with Gasteiger partial charge in [0.25, 0.3) is 6.43 Å². The lowest BCUT2D eigenvalue weighted by Crippen LogP contribution is -2.27. The molecule has 0 aromatic heterocycles. The molecule has 0 aromatic rings. The second kappa shape index (κ2) is 4.86. The van der Waals surface area contributed by atoms with Gasteiger partial charge in [0.1, 0.15) is 5.71 Å². The second-order valence-corrected chi connectivity index (χ2v) is 5.79. The van der Waals surface area contributed by atoms with Crippen molar-refractivity contribution in [1.29, 1.82) is 0 Å². The first-order valence-corrected chi connectivity index (χ1v) is 6.54. The Morgan fingerprint density at radius 1 is 1.50 bits per heavy atom. The molecular weight excluding hydrogens is 242 g/mol. The number of carbonyl (C=O) groups excluding carboxylic acids is 1. The van der Waals surface area contributed by atoms with Crippen molar-refractivity contribution in [3.8, 4) is 0 Å². The van der Waals surface area contributed by atoms with Crippen LogP contribution in [0.3, 0.4) is 0 Å². The van der Waals surface area contributed by atoms with Crippen molar-refractivity contribution in [3.05, 3.63) is 0 Å². The van der Waals surface area contributed by atoms with Gasteiger partial charge >= 0.3 is 0 Å². The van der Waals surface area contributed by atoms with E-state index >= 15 is 0 Å². The fourth-order valence-corrected chi connectivity index (χ4v) is 1.90. The van der Waals surface area contributed by atoms with Crippen LogP contribution in [0, 0.1) is 0 Å². The lowest BCUT2D eigenvalue weighted by Gasteiger charge is -2.10. The summed E-state index contributed by atoms with van der Waals surface area (Å²) in [6.45, 7) is 1.32. The van der Waals surface area contributed by atoms with Gasteiger partial charge in [-0.3, -0.25) is 4.79 Å². The van der Waals surface area contributed by atoms with Crippen LogP contribution in [0.2, 0.25) is 0 Å². The van der Waals surface area contributed by atoms with Crippen LogP contribution in [0.5, 0.6) is 0 Å². The third kappa shape index (κ3) is 3.22. The largest absolute Gasteiger partial charge is 0.278 e. The first-order valence-electron chi connectivity index (χ1n) is 4.72. The predicted molar refractivity (Wildman–Crippen MR) is 54.1 cm³/mol. The summed E-state index contributed by atoms with van der Waals surface area (Å²) in [6.07, 6.45) is -3.19. The van der Waals surface area contributed by atoms with E-state index in [1.807, 2.05) is 0 Å². The first kappa shape index (κ1) is 13.0. The first-order chi connectivity index (χ1) is 7.35. The number of alkyl halides is 2. The number of nitrogens with zero attached hydrogens (tertiary/aromatic N) is 2. The molecule has 0 saturated heterocycles. The zero-order valence-electron chi connectivity index (χ0n) is 8.69. The van der Waals surface area contributed by atoms with Gasteiger partial charge in [-0.2, -0.15) is 5.10 Å². The average Bonchev–Trinajstić information content (AvgIpc) is 2.57. The zero-order valence-corrected chi connectivity index (χ0v) is 9.51. The lowest BCUT2D eigenvalue weighted by atomic mass is 10.3. The molecule has 0 aromatic carbocycles. The van der Waals surface area contributed by atoms with Crippen molar-refractivity contribution >= 4 is 21.5 Å². The predicted octanol–water partition coefficient (Wildman–Crippen LogP) is 0.275. The zero-order chi connectivity index (χ0) is 12.3. The quantitative estimate of drug-likeness (QED) is 0.707. The van der Waals surface area contributed by atoms with Crippen LogP contribution >= 0.6 is 0 Å². The Balaban J connectivity index is 2.59. The molecule has 5 nitrogen and oxygen atoms in total. The van der Waals surface area contributed by atoms with Crippen molar-refractivity contribution in [2.24, 2.45) is 5.10 Å². The Bertz CT molecular complexity index is 406. The van der Waals surface area contributed by atoms with Crippen LogP contribution in [0.25, 0.3) is 0 Å². The minimum Gasteiger partial charge on any atom is -0.273 e. The van der Waals surface area contributed by atoms with Gasteiger partial charge in [0, 0.05) is 5.75 Å². The highest BCUT2D eigenvalue weighted by atomic mass is 32.2. The van der Waals surface area contributed by atoms with E-state index in [1.165, 1.54) is 6.92 Å². The molecule has 0 bridgehead atoms. The van der Waals surface area contributed by atoms with Crippen LogP contribution in [0.1, 0.15) is 13.3 Å². The molecule has 1 rings (SSSR count). The summed E-state index contributed by atoms with van der Waals surface area (Å²) < 4.78 is 46.7. The molecule has 92 valence electrons. The highest BCUT2D eigenvalue weighted by Crippen LogP contribution is 2.13. The molecular formula is C8H12F2N2O3S. The number of carbonyl (C=O) groups is 1. The van der Waals surface area contributed by atoms with Gasteiger partial charge in [0.15, 0.2) is 9.84 Å². The van der Waals surface area contributed by atoms with Gasteiger partial charge in [0.05, 0.1) is 18.7 Å². The van der Waals surface area contributed by atoms with E-state index in [-0.39, 0.29) is 18.1 Å². The maximum atomic E-state index is 12.2. The van der Waals surface area contributed by atoms with Gasteiger partial charge in [-0.25, -0.2) is 22.2 Å². The molecule has 1 aliphatic rings. The topological polar surface area (TPSA) is 66.8 Å². The molecule has 0 N–H and O–H groups in total. The Morgan fingerprint density at radius 3 is 2.56 bits per heavy atom. The van der Waals surface area contributed by atoms with E-state index in [1.54, 1.807) is 0 Å². The number of amides is 1. The molecule has 1 heterocycles. The monoisotopic (exact) mass is 254 g/mol. The third-order valence-corrected chi connectivity index (χ3v) is 3.86. The maximum absolute atomic E-state index is 12.2. The minimum absolute atomic E-state index is 0.0412. The van der Waals surface area contributed by atoms with Gasteiger partial charge in [-0.05, 0) is 0 Å². The van der Waals surface area contributed by atoms with Crippen molar-refractivity contribution in [3.63, 3.8) is 0 Å². The SMILES string of the molecule is CCS(=O)(=O)CCN1N=C(C(F)F)CC1=O. The Kier molecular flexibility index (Phi) is 3.95. The molecule has 0 unspecified atom stereocenters. The van der Waals surface area contributed by atoms with Crippen LogP contribution in [0.4, 0.5) is 8.78 Å². The summed E-state index contributed by atoms with van der Waals surface area (Å²) in [5, 5.41) is 4.19. The van der Waals surface area contributed by atoms with Crippen LogP contribution < -0.4 is 0 Å². The lowest BCUT2D eigenvalue weighted by molar-refractivity contribution is -0.128. The highest BCUT2D eigenvalue weighted by molar-refractivity contribution is 7.91. The molecule has 16 heavy (non-hydrogen) atoms.